The van der Waals surface area contributed by atoms with Crippen LogP contribution in [-0.4, -0.2) is 17.7 Å². The largest absolute Gasteiger partial charge is 0.463 e. The molecule has 1 aromatic carbocycles. The molecule has 0 spiro atoms. The van der Waals surface area contributed by atoms with Crippen molar-refractivity contribution in [1.82, 2.24) is 0 Å². The molecule has 96 valence electrons. The number of rotatable bonds is 6. The lowest BCUT2D eigenvalue weighted by molar-refractivity contribution is -0.137. The minimum Gasteiger partial charge on any atom is -0.463 e. The number of aliphatic hydroxyl groups is 1. The molecular formula is C15H18O3. The van der Waals surface area contributed by atoms with Gasteiger partial charge < -0.3 is 9.84 Å². The maximum absolute atomic E-state index is 11.0. The normalized spacial score (nSPS) is 13.0. The van der Waals surface area contributed by atoms with Crippen LogP contribution in [0.3, 0.4) is 0 Å². The fourth-order valence-electron chi connectivity index (χ4n) is 1.42. The van der Waals surface area contributed by atoms with Crippen molar-refractivity contribution in [3.8, 4) is 0 Å². The van der Waals surface area contributed by atoms with Gasteiger partial charge in [-0.2, -0.15) is 0 Å². The SMILES string of the molecule is CCOC(=O)/C=C/C=C/CC(O)c1ccccc1. The fraction of sp³-hybridized carbons (Fsp3) is 0.267. The zero-order chi connectivity index (χ0) is 13.2. The molecule has 3 nitrogen and oxygen atoms in total. The fourth-order valence-corrected chi connectivity index (χ4v) is 1.42. The van der Waals surface area contributed by atoms with Gasteiger partial charge in [0.1, 0.15) is 0 Å². The Bertz CT molecular complexity index is 407. The first-order valence-corrected chi connectivity index (χ1v) is 5.97. The molecule has 3 heteroatoms. The Balaban J connectivity index is 2.35. The van der Waals surface area contributed by atoms with Gasteiger partial charge in [-0.3, -0.25) is 0 Å². The number of carbonyl (C=O) groups excluding carboxylic acids is 1. The number of hydrogen-bond donors (Lipinski definition) is 1. The first-order valence-electron chi connectivity index (χ1n) is 5.97. The summed E-state index contributed by atoms with van der Waals surface area (Å²) in [6.45, 7) is 2.14. The van der Waals surface area contributed by atoms with Crippen LogP contribution in [0.1, 0.15) is 25.0 Å². The molecule has 18 heavy (non-hydrogen) atoms. The van der Waals surface area contributed by atoms with E-state index in [1.807, 2.05) is 36.4 Å². The Morgan fingerprint density at radius 3 is 2.72 bits per heavy atom. The van der Waals surface area contributed by atoms with E-state index >= 15 is 0 Å². The van der Waals surface area contributed by atoms with E-state index < -0.39 is 6.10 Å². The summed E-state index contributed by atoms with van der Waals surface area (Å²) in [4.78, 5) is 11.0. The van der Waals surface area contributed by atoms with Crippen LogP contribution in [0.2, 0.25) is 0 Å². The van der Waals surface area contributed by atoms with Crippen LogP contribution in [0.15, 0.2) is 54.6 Å². The molecule has 1 aromatic rings. The third-order valence-electron chi connectivity index (χ3n) is 2.31. The third kappa shape index (κ3) is 5.46. The first kappa shape index (κ1) is 14.2. The second-order valence-corrected chi connectivity index (χ2v) is 3.70. The molecule has 0 aliphatic heterocycles. The lowest BCUT2D eigenvalue weighted by atomic mass is 10.1. The zero-order valence-electron chi connectivity index (χ0n) is 10.5. The van der Waals surface area contributed by atoms with Crippen molar-refractivity contribution in [3.05, 3.63) is 60.2 Å². The monoisotopic (exact) mass is 246 g/mol. The topological polar surface area (TPSA) is 46.5 Å². The molecule has 0 saturated heterocycles. The Hall–Kier alpha value is -1.87. The summed E-state index contributed by atoms with van der Waals surface area (Å²) in [7, 11) is 0. The average Bonchev–Trinajstić information content (AvgIpc) is 2.39. The molecular weight excluding hydrogens is 228 g/mol. The number of hydrogen-bond acceptors (Lipinski definition) is 3. The number of esters is 1. The molecule has 0 aromatic heterocycles. The molecule has 1 N–H and O–H groups in total. The average molecular weight is 246 g/mol. The second kappa shape index (κ2) is 8.25. The van der Waals surface area contributed by atoms with Crippen LogP contribution >= 0.6 is 0 Å². The van der Waals surface area contributed by atoms with Crippen LogP contribution in [-0.2, 0) is 9.53 Å². The van der Waals surface area contributed by atoms with E-state index in [1.54, 1.807) is 19.1 Å². The van der Waals surface area contributed by atoms with Gasteiger partial charge in [-0.25, -0.2) is 4.79 Å². The highest BCUT2D eigenvalue weighted by atomic mass is 16.5. The van der Waals surface area contributed by atoms with Crippen molar-refractivity contribution < 1.29 is 14.6 Å². The van der Waals surface area contributed by atoms with Crippen LogP contribution in [0.4, 0.5) is 0 Å². The van der Waals surface area contributed by atoms with E-state index in [4.69, 9.17) is 4.74 Å². The zero-order valence-corrected chi connectivity index (χ0v) is 10.5. The third-order valence-corrected chi connectivity index (χ3v) is 2.31. The summed E-state index contributed by atoms with van der Waals surface area (Å²) >= 11 is 0. The number of carbonyl (C=O) groups is 1. The van der Waals surface area contributed by atoms with E-state index in [1.165, 1.54) is 6.08 Å². The second-order valence-electron chi connectivity index (χ2n) is 3.70. The predicted octanol–water partition coefficient (Wildman–Crippen LogP) is 2.79. The van der Waals surface area contributed by atoms with Gasteiger partial charge in [-0.1, -0.05) is 48.6 Å². The lowest BCUT2D eigenvalue weighted by Gasteiger charge is -2.06. The van der Waals surface area contributed by atoms with Crippen LogP contribution in [0.25, 0.3) is 0 Å². The quantitative estimate of drug-likeness (QED) is 0.477. The van der Waals surface area contributed by atoms with Crippen molar-refractivity contribution in [2.75, 3.05) is 6.61 Å². The smallest absolute Gasteiger partial charge is 0.330 e. The first-order chi connectivity index (χ1) is 8.74. The standard InChI is InChI=1S/C15H18O3/c1-2-18-15(17)12-8-4-7-11-14(16)13-9-5-3-6-10-13/h3-10,12,14,16H,2,11H2,1H3/b7-4+,12-8+. The number of benzene rings is 1. The van der Waals surface area contributed by atoms with Gasteiger partial charge in [0.2, 0.25) is 0 Å². The summed E-state index contributed by atoms with van der Waals surface area (Å²) in [6, 6.07) is 9.46. The maximum atomic E-state index is 11.0. The molecule has 0 saturated carbocycles. The number of ether oxygens (including phenoxy) is 1. The highest BCUT2D eigenvalue weighted by molar-refractivity contribution is 5.82. The highest BCUT2D eigenvalue weighted by Crippen LogP contribution is 2.15. The van der Waals surface area contributed by atoms with Gasteiger partial charge in [0.15, 0.2) is 0 Å². The molecule has 1 unspecified atom stereocenters. The molecule has 0 heterocycles. The summed E-state index contributed by atoms with van der Waals surface area (Å²) in [5.41, 5.74) is 0.886. The Kier molecular flexibility index (Phi) is 6.51. The Morgan fingerprint density at radius 2 is 2.06 bits per heavy atom. The van der Waals surface area contributed by atoms with Crippen molar-refractivity contribution in [3.63, 3.8) is 0 Å². The number of allylic oxidation sites excluding steroid dienone is 2. The van der Waals surface area contributed by atoms with E-state index in [-0.39, 0.29) is 5.97 Å². The van der Waals surface area contributed by atoms with Crippen molar-refractivity contribution in [2.45, 2.75) is 19.4 Å². The summed E-state index contributed by atoms with van der Waals surface area (Å²) in [5.74, 6) is -0.356. The molecule has 0 bridgehead atoms. The summed E-state index contributed by atoms with van der Waals surface area (Å²) in [5, 5.41) is 9.85. The van der Waals surface area contributed by atoms with Gasteiger partial charge in [-0.05, 0) is 18.9 Å². The molecule has 0 radical (unpaired) electrons. The number of aliphatic hydroxyl groups excluding tert-OH is 1. The van der Waals surface area contributed by atoms with Gasteiger partial charge >= 0.3 is 5.97 Å². The van der Waals surface area contributed by atoms with E-state index in [9.17, 15) is 9.90 Å². The summed E-state index contributed by atoms with van der Waals surface area (Å²) in [6.07, 6.45) is 6.50. The van der Waals surface area contributed by atoms with E-state index in [0.29, 0.717) is 13.0 Å². The molecule has 1 atom stereocenters. The molecule has 0 aliphatic rings. The van der Waals surface area contributed by atoms with Crippen molar-refractivity contribution in [1.29, 1.82) is 0 Å². The minimum atomic E-state index is -0.515. The Morgan fingerprint density at radius 1 is 1.33 bits per heavy atom. The van der Waals surface area contributed by atoms with Gasteiger partial charge in [0.05, 0.1) is 12.7 Å². The van der Waals surface area contributed by atoms with Gasteiger partial charge in [-0.15, -0.1) is 0 Å². The minimum absolute atomic E-state index is 0.356. The maximum Gasteiger partial charge on any atom is 0.330 e. The Labute approximate surface area is 107 Å². The van der Waals surface area contributed by atoms with E-state index in [2.05, 4.69) is 0 Å². The van der Waals surface area contributed by atoms with Crippen molar-refractivity contribution >= 4 is 5.97 Å². The van der Waals surface area contributed by atoms with Gasteiger partial charge in [0.25, 0.3) is 0 Å². The van der Waals surface area contributed by atoms with Crippen molar-refractivity contribution in [2.24, 2.45) is 0 Å². The molecule has 0 aliphatic carbocycles. The molecule has 1 rings (SSSR count). The van der Waals surface area contributed by atoms with E-state index in [0.717, 1.165) is 5.56 Å². The lowest BCUT2D eigenvalue weighted by Crippen LogP contribution is -1.98. The predicted molar refractivity (Wildman–Crippen MR) is 70.9 cm³/mol. The molecule has 0 amide bonds. The summed E-state index contributed by atoms with van der Waals surface area (Å²) < 4.78 is 4.73. The van der Waals surface area contributed by atoms with Gasteiger partial charge in [0, 0.05) is 6.08 Å². The van der Waals surface area contributed by atoms with Crippen LogP contribution < -0.4 is 0 Å². The van der Waals surface area contributed by atoms with Crippen LogP contribution in [0.5, 0.6) is 0 Å². The van der Waals surface area contributed by atoms with Crippen LogP contribution in [0, 0.1) is 0 Å². The highest BCUT2D eigenvalue weighted by Gasteiger charge is 2.02. The molecule has 0 fully saturated rings.